The summed E-state index contributed by atoms with van der Waals surface area (Å²) >= 11 is 0. The Morgan fingerprint density at radius 1 is 1.09 bits per heavy atom. The second kappa shape index (κ2) is 10.6. The van der Waals surface area contributed by atoms with Crippen LogP contribution >= 0.6 is 0 Å². The van der Waals surface area contributed by atoms with E-state index in [2.05, 4.69) is 24.5 Å². The molecule has 3 aromatic rings. The quantitative estimate of drug-likeness (QED) is 0.525. The van der Waals surface area contributed by atoms with Crippen molar-refractivity contribution in [3.63, 3.8) is 0 Å². The summed E-state index contributed by atoms with van der Waals surface area (Å²) in [5.74, 6) is 0.267. The Balaban J connectivity index is 1.43. The molecule has 1 fully saturated rings. The number of carbonyl (C=O) groups is 2. The van der Waals surface area contributed by atoms with Crippen molar-refractivity contribution < 1.29 is 14.3 Å². The molecule has 1 aliphatic heterocycles. The summed E-state index contributed by atoms with van der Waals surface area (Å²) in [7, 11) is 1.30. The van der Waals surface area contributed by atoms with Gasteiger partial charge in [0.2, 0.25) is 0 Å². The van der Waals surface area contributed by atoms with E-state index < -0.39 is 5.97 Å². The Morgan fingerprint density at radius 2 is 1.77 bits per heavy atom. The zero-order valence-corrected chi connectivity index (χ0v) is 20.3. The Hall–Kier alpha value is -3.88. The largest absolute Gasteiger partial charge is 0.465 e. The van der Waals surface area contributed by atoms with Gasteiger partial charge in [0.15, 0.2) is 5.82 Å². The predicted molar refractivity (Wildman–Crippen MR) is 136 cm³/mol. The molecule has 4 rings (SSSR count). The van der Waals surface area contributed by atoms with E-state index in [1.54, 1.807) is 24.3 Å². The molecule has 9 heteroatoms. The molecular formula is C26H31N5O4. The van der Waals surface area contributed by atoms with Gasteiger partial charge in [-0.25, -0.2) is 14.6 Å². The van der Waals surface area contributed by atoms with Crippen LogP contribution in [0.15, 0.2) is 53.3 Å². The first-order valence-electron chi connectivity index (χ1n) is 11.9. The van der Waals surface area contributed by atoms with E-state index in [1.807, 2.05) is 33.7 Å². The highest BCUT2D eigenvalue weighted by Gasteiger charge is 2.25. The number of benzene rings is 2. The highest BCUT2D eigenvalue weighted by atomic mass is 16.5. The zero-order chi connectivity index (χ0) is 24.9. The van der Waals surface area contributed by atoms with Crippen LogP contribution in [0.2, 0.25) is 0 Å². The number of nitrogens with one attached hydrogen (secondary N) is 2. The van der Waals surface area contributed by atoms with E-state index in [0.717, 1.165) is 11.0 Å². The number of anilines is 2. The summed E-state index contributed by atoms with van der Waals surface area (Å²) in [5.41, 5.74) is 2.24. The van der Waals surface area contributed by atoms with Crippen LogP contribution in [0.25, 0.3) is 11.0 Å². The Kier molecular flexibility index (Phi) is 7.33. The Labute approximate surface area is 204 Å². The number of hydrogen-bond acceptors (Lipinski definition) is 6. The van der Waals surface area contributed by atoms with E-state index in [1.165, 1.54) is 7.11 Å². The third-order valence-electron chi connectivity index (χ3n) is 6.09. The molecular weight excluding hydrogens is 446 g/mol. The monoisotopic (exact) mass is 477 g/mol. The van der Waals surface area contributed by atoms with Crippen molar-refractivity contribution in [1.29, 1.82) is 0 Å². The average molecular weight is 478 g/mol. The maximum Gasteiger partial charge on any atom is 0.339 e. The normalized spacial score (nSPS) is 14.2. The third-order valence-corrected chi connectivity index (χ3v) is 6.09. The summed E-state index contributed by atoms with van der Waals surface area (Å²) in [4.78, 5) is 44.6. The number of esters is 1. The number of carbonyl (C=O) groups excluding carboxylic acids is 2. The molecule has 1 aliphatic rings. The number of ether oxygens (including phenoxy) is 1. The number of methoxy groups -OCH3 is 1. The minimum atomic E-state index is -0.514. The molecule has 0 saturated carbocycles. The maximum absolute atomic E-state index is 13.3. The fraction of sp³-hybridized carbons (Fsp3) is 0.385. The van der Waals surface area contributed by atoms with Crippen molar-refractivity contribution in [3.8, 4) is 0 Å². The SMILES string of the molecule is COC(=O)c1ccccc1NC(=O)NC1CCN(c2nc3ccccc3n(CC(C)C)c2=O)CC1. The van der Waals surface area contributed by atoms with Gasteiger partial charge in [0.05, 0.1) is 29.4 Å². The lowest BCUT2D eigenvalue weighted by molar-refractivity contribution is 0.0602. The molecule has 0 atom stereocenters. The number of amides is 2. The molecule has 2 heterocycles. The van der Waals surface area contributed by atoms with Gasteiger partial charge in [0, 0.05) is 25.7 Å². The number of rotatable bonds is 6. The average Bonchev–Trinajstić information content (AvgIpc) is 2.86. The molecule has 1 aromatic heterocycles. The number of urea groups is 1. The smallest absolute Gasteiger partial charge is 0.339 e. The van der Waals surface area contributed by atoms with E-state index >= 15 is 0 Å². The van der Waals surface area contributed by atoms with Crippen LogP contribution < -0.4 is 21.1 Å². The summed E-state index contributed by atoms with van der Waals surface area (Å²) < 4.78 is 6.60. The highest BCUT2D eigenvalue weighted by Crippen LogP contribution is 2.20. The number of piperidine rings is 1. The first-order chi connectivity index (χ1) is 16.9. The lowest BCUT2D eigenvalue weighted by Crippen LogP contribution is -2.47. The van der Waals surface area contributed by atoms with Crippen molar-refractivity contribution in [2.24, 2.45) is 5.92 Å². The minimum Gasteiger partial charge on any atom is -0.465 e. The molecule has 2 aromatic carbocycles. The molecule has 0 unspecified atom stereocenters. The lowest BCUT2D eigenvalue weighted by atomic mass is 10.1. The molecule has 2 N–H and O–H groups in total. The van der Waals surface area contributed by atoms with E-state index in [-0.39, 0.29) is 17.6 Å². The van der Waals surface area contributed by atoms with Gasteiger partial charge in [0.25, 0.3) is 5.56 Å². The molecule has 0 radical (unpaired) electrons. The molecule has 184 valence electrons. The van der Waals surface area contributed by atoms with Crippen LogP contribution in [0.1, 0.15) is 37.0 Å². The van der Waals surface area contributed by atoms with Crippen molar-refractivity contribution in [1.82, 2.24) is 14.9 Å². The molecule has 1 saturated heterocycles. The first-order valence-corrected chi connectivity index (χ1v) is 11.9. The van der Waals surface area contributed by atoms with Crippen molar-refractivity contribution in [2.45, 2.75) is 39.3 Å². The molecule has 0 aliphatic carbocycles. The number of para-hydroxylation sites is 3. The van der Waals surface area contributed by atoms with Gasteiger partial charge in [-0.3, -0.25) is 4.79 Å². The highest BCUT2D eigenvalue weighted by molar-refractivity contribution is 6.00. The van der Waals surface area contributed by atoms with Gasteiger partial charge in [-0.1, -0.05) is 38.1 Å². The summed E-state index contributed by atoms with van der Waals surface area (Å²) in [5, 5.41) is 5.71. The van der Waals surface area contributed by atoms with Crippen LogP contribution in [-0.4, -0.2) is 47.8 Å². The number of aromatic nitrogens is 2. The molecule has 0 spiro atoms. The number of fused-ring (bicyclic) bond motifs is 1. The van der Waals surface area contributed by atoms with E-state index in [0.29, 0.717) is 55.5 Å². The van der Waals surface area contributed by atoms with E-state index in [4.69, 9.17) is 9.72 Å². The Bertz CT molecular complexity index is 1280. The topological polar surface area (TPSA) is 106 Å². The zero-order valence-electron chi connectivity index (χ0n) is 20.3. The summed E-state index contributed by atoms with van der Waals surface area (Å²) in [6, 6.07) is 14.0. The van der Waals surface area contributed by atoms with Crippen molar-refractivity contribution in [3.05, 3.63) is 64.4 Å². The molecule has 35 heavy (non-hydrogen) atoms. The van der Waals surface area contributed by atoms with Gasteiger partial charge in [0.1, 0.15) is 0 Å². The fourth-order valence-corrected chi connectivity index (χ4v) is 4.39. The third kappa shape index (κ3) is 5.45. The molecule has 0 bridgehead atoms. The summed E-state index contributed by atoms with van der Waals surface area (Å²) in [6.45, 7) is 6.01. The maximum atomic E-state index is 13.3. The van der Waals surface area contributed by atoms with Crippen LogP contribution in [0.5, 0.6) is 0 Å². The van der Waals surface area contributed by atoms with Crippen molar-refractivity contribution in [2.75, 3.05) is 30.4 Å². The van der Waals surface area contributed by atoms with Crippen LogP contribution in [-0.2, 0) is 11.3 Å². The van der Waals surface area contributed by atoms with Crippen LogP contribution in [0.3, 0.4) is 0 Å². The van der Waals surface area contributed by atoms with Crippen LogP contribution in [0, 0.1) is 5.92 Å². The summed E-state index contributed by atoms with van der Waals surface area (Å²) in [6.07, 6.45) is 1.34. The van der Waals surface area contributed by atoms with Gasteiger partial charge >= 0.3 is 12.0 Å². The van der Waals surface area contributed by atoms with Gasteiger partial charge < -0.3 is 24.8 Å². The van der Waals surface area contributed by atoms with Gasteiger partial charge in [-0.05, 0) is 43.0 Å². The second-order valence-electron chi connectivity index (χ2n) is 9.13. The molecule has 9 nitrogen and oxygen atoms in total. The standard InChI is InChI=1S/C26H31N5O4/c1-17(2)16-31-22-11-7-6-10-21(22)28-23(24(31)32)30-14-12-18(13-15-30)27-26(34)29-20-9-5-4-8-19(20)25(33)35-3/h4-11,17-18H,12-16H2,1-3H3,(H2,27,29,34). The molecule has 2 amide bonds. The van der Waals surface area contributed by atoms with E-state index in [9.17, 15) is 14.4 Å². The lowest BCUT2D eigenvalue weighted by Gasteiger charge is -2.33. The van der Waals surface area contributed by atoms with Gasteiger partial charge in [-0.15, -0.1) is 0 Å². The van der Waals surface area contributed by atoms with Crippen LogP contribution in [0.4, 0.5) is 16.3 Å². The van der Waals surface area contributed by atoms with Gasteiger partial charge in [-0.2, -0.15) is 0 Å². The second-order valence-corrected chi connectivity index (χ2v) is 9.13. The number of hydrogen-bond donors (Lipinski definition) is 2. The van der Waals surface area contributed by atoms with Crippen molar-refractivity contribution >= 4 is 34.5 Å². The number of nitrogens with zero attached hydrogens (tertiary/aromatic N) is 3. The fourth-order valence-electron chi connectivity index (χ4n) is 4.39. The minimum absolute atomic E-state index is 0.0603. The first kappa shape index (κ1) is 24.3. The predicted octanol–water partition coefficient (Wildman–Crippen LogP) is 3.63. The Morgan fingerprint density at radius 3 is 2.49 bits per heavy atom.